The van der Waals surface area contributed by atoms with Crippen molar-refractivity contribution in [2.45, 2.75) is 77.0 Å². The molecule has 1 aliphatic rings. The van der Waals surface area contributed by atoms with Gasteiger partial charge in [-0.15, -0.1) is 0 Å². The van der Waals surface area contributed by atoms with Crippen LogP contribution in [0.15, 0.2) is 54.6 Å². The van der Waals surface area contributed by atoms with Crippen LogP contribution in [0, 0.1) is 0 Å². The van der Waals surface area contributed by atoms with E-state index in [9.17, 15) is 4.79 Å². The largest absolute Gasteiger partial charge is 0.350 e. The van der Waals surface area contributed by atoms with Gasteiger partial charge in [0.2, 0.25) is 0 Å². The molecule has 0 bridgehead atoms. The van der Waals surface area contributed by atoms with Crippen LogP contribution in [0.3, 0.4) is 0 Å². The van der Waals surface area contributed by atoms with Gasteiger partial charge in [-0.25, -0.2) is 0 Å². The van der Waals surface area contributed by atoms with Crippen molar-refractivity contribution in [2.24, 2.45) is 0 Å². The van der Waals surface area contributed by atoms with Gasteiger partial charge in [0.05, 0.1) is 5.60 Å². The highest BCUT2D eigenvalue weighted by Gasteiger charge is 2.47. The van der Waals surface area contributed by atoms with Crippen LogP contribution in [0.2, 0.25) is 0 Å². The quantitative estimate of drug-likeness (QED) is 0.396. The van der Waals surface area contributed by atoms with E-state index in [0.29, 0.717) is 12.5 Å². The SMILES string of the molecule is CC=CCCC=CC(C)(C)OC(CC)(C(=O)N(C)C1CC1)c1ccccc1. The molecule has 1 atom stereocenters. The van der Waals surface area contributed by atoms with E-state index in [1.54, 1.807) is 0 Å². The Labute approximate surface area is 165 Å². The van der Waals surface area contributed by atoms with Crippen molar-refractivity contribution in [3.63, 3.8) is 0 Å². The molecule has 0 heterocycles. The number of ether oxygens (including phenoxy) is 1. The molecule has 0 radical (unpaired) electrons. The zero-order valence-electron chi connectivity index (χ0n) is 17.6. The van der Waals surface area contributed by atoms with Gasteiger partial charge in [-0.2, -0.15) is 0 Å². The Balaban J connectivity index is 2.29. The Kier molecular flexibility index (Phi) is 7.43. The summed E-state index contributed by atoms with van der Waals surface area (Å²) in [5, 5.41) is 0. The summed E-state index contributed by atoms with van der Waals surface area (Å²) in [7, 11) is 1.91. The summed E-state index contributed by atoms with van der Waals surface area (Å²) in [4.78, 5) is 15.4. The van der Waals surface area contributed by atoms with Crippen LogP contribution >= 0.6 is 0 Å². The lowest BCUT2D eigenvalue weighted by Gasteiger charge is -2.40. The molecule has 0 aromatic heterocycles. The first-order chi connectivity index (χ1) is 12.9. The Bertz CT molecular complexity index is 658. The molecule has 3 nitrogen and oxygen atoms in total. The van der Waals surface area contributed by atoms with E-state index in [0.717, 1.165) is 31.2 Å². The van der Waals surface area contributed by atoms with Crippen LogP contribution in [-0.2, 0) is 15.1 Å². The molecule has 0 spiro atoms. The highest BCUT2D eigenvalue weighted by molar-refractivity contribution is 5.87. The van der Waals surface area contributed by atoms with Gasteiger partial charge < -0.3 is 9.64 Å². The number of hydrogen-bond donors (Lipinski definition) is 0. The lowest BCUT2D eigenvalue weighted by atomic mass is 9.87. The standard InChI is InChI=1S/C24H35NO2/c1-6-8-9-10-14-19-23(3,4)27-24(7-2,20-15-12-11-13-16-20)22(26)25(5)21-17-18-21/h6,8,11-16,19,21H,7,9-10,17-18H2,1-5H3. The first kappa shape index (κ1) is 21.4. The van der Waals surface area contributed by atoms with E-state index >= 15 is 0 Å². The van der Waals surface area contributed by atoms with Crippen molar-refractivity contribution in [1.82, 2.24) is 4.90 Å². The number of allylic oxidation sites excluding steroid dienone is 3. The summed E-state index contributed by atoms with van der Waals surface area (Å²) in [5.74, 6) is 0.0640. The second kappa shape index (κ2) is 9.36. The first-order valence-electron chi connectivity index (χ1n) is 10.2. The van der Waals surface area contributed by atoms with Gasteiger partial charge in [0.25, 0.3) is 5.91 Å². The van der Waals surface area contributed by atoms with E-state index in [2.05, 4.69) is 24.3 Å². The van der Waals surface area contributed by atoms with Gasteiger partial charge in [-0.05, 0) is 58.4 Å². The van der Waals surface area contributed by atoms with E-state index in [-0.39, 0.29) is 5.91 Å². The molecule has 1 fully saturated rings. The number of benzene rings is 1. The minimum Gasteiger partial charge on any atom is -0.350 e. The predicted octanol–water partition coefficient (Wildman–Crippen LogP) is 5.62. The maximum Gasteiger partial charge on any atom is 0.259 e. The molecular weight excluding hydrogens is 334 g/mol. The van der Waals surface area contributed by atoms with Crippen molar-refractivity contribution in [2.75, 3.05) is 7.05 Å². The fraction of sp³-hybridized carbons (Fsp3) is 0.542. The normalized spacial score (nSPS) is 17.4. The van der Waals surface area contributed by atoms with Crippen molar-refractivity contribution in [3.05, 3.63) is 60.2 Å². The first-order valence-corrected chi connectivity index (χ1v) is 10.2. The number of hydrogen-bond acceptors (Lipinski definition) is 2. The molecule has 1 unspecified atom stereocenters. The minimum atomic E-state index is -0.963. The molecule has 1 aromatic carbocycles. The molecule has 0 saturated heterocycles. The highest BCUT2D eigenvalue weighted by atomic mass is 16.5. The summed E-state index contributed by atoms with van der Waals surface area (Å²) in [6.45, 7) is 8.15. The molecule has 1 amide bonds. The summed E-state index contributed by atoms with van der Waals surface area (Å²) in [6.07, 6.45) is 13.2. The van der Waals surface area contributed by atoms with Crippen LogP contribution in [0.25, 0.3) is 0 Å². The van der Waals surface area contributed by atoms with Crippen molar-refractivity contribution < 1.29 is 9.53 Å². The van der Waals surface area contributed by atoms with Crippen molar-refractivity contribution in [3.8, 4) is 0 Å². The lowest BCUT2D eigenvalue weighted by Crippen LogP contribution is -2.51. The van der Waals surface area contributed by atoms with Gasteiger partial charge in [-0.3, -0.25) is 4.79 Å². The van der Waals surface area contributed by atoms with Crippen LogP contribution in [0.4, 0.5) is 0 Å². The number of amides is 1. The Hall–Kier alpha value is -1.87. The second-order valence-corrected chi connectivity index (χ2v) is 7.95. The molecule has 1 aromatic rings. The Morgan fingerprint density at radius 3 is 2.37 bits per heavy atom. The van der Waals surface area contributed by atoms with E-state index in [1.165, 1.54) is 0 Å². The number of carbonyl (C=O) groups excluding carboxylic acids is 1. The van der Waals surface area contributed by atoms with Crippen molar-refractivity contribution in [1.29, 1.82) is 0 Å². The molecule has 27 heavy (non-hydrogen) atoms. The van der Waals surface area contributed by atoms with Gasteiger partial charge in [0.15, 0.2) is 5.60 Å². The summed E-state index contributed by atoms with van der Waals surface area (Å²) < 4.78 is 6.63. The molecule has 0 aliphatic heterocycles. The molecule has 1 aliphatic carbocycles. The number of likely N-dealkylation sites (N-methyl/N-ethyl adjacent to an activating group) is 1. The summed E-state index contributed by atoms with van der Waals surface area (Å²) >= 11 is 0. The number of rotatable bonds is 10. The third-order valence-electron chi connectivity index (χ3n) is 5.19. The van der Waals surface area contributed by atoms with Gasteiger partial charge in [-0.1, -0.05) is 61.6 Å². The molecule has 0 N–H and O–H groups in total. The Morgan fingerprint density at radius 2 is 1.81 bits per heavy atom. The minimum absolute atomic E-state index is 0.0640. The number of carbonyl (C=O) groups is 1. The predicted molar refractivity (Wildman–Crippen MR) is 113 cm³/mol. The van der Waals surface area contributed by atoms with Crippen molar-refractivity contribution >= 4 is 5.91 Å². The van der Waals surface area contributed by atoms with Gasteiger partial charge >= 0.3 is 0 Å². The van der Waals surface area contributed by atoms with Crippen LogP contribution in [-0.4, -0.2) is 29.5 Å². The van der Waals surface area contributed by atoms with E-state index in [4.69, 9.17) is 4.74 Å². The summed E-state index contributed by atoms with van der Waals surface area (Å²) in [6, 6.07) is 10.3. The fourth-order valence-electron chi connectivity index (χ4n) is 3.48. The number of nitrogens with zero attached hydrogens (tertiary/aromatic N) is 1. The van der Waals surface area contributed by atoms with Crippen LogP contribution < -0.4 is 0 Å². The molecule has 148 valence electrons. The zero-order chi connectivity index (χ0) is 19.9. The topological polar surface area (TPSA) is 29.5 Å². The van der Waals surface area contributed by atoms with Crippen LogP contribution in [0.1, 0.15) is 65.4 Å². The lowest BCUT2D eigenvalue weighted by molar-refractivity contribution is -0.176. The monoisotopic (exact) mass is 369 g/mol. The zero-order valence-corrected chi connectivity index (χ0v) is 17.6. The summed E-state index contributed by atoms with van der Waals surface area (Å²) in [5.41, 5.74) is -0.571. The van der Waals surface area contributed by atoms with E-state index < -0.39 is 11.2 Å². The third-order valence-corrected chi connectivity index (χ3v) is 5.19. The van der Waals surface area contributed by atoms with Crippen LogP contribution in [0.5, 0.6) is 0 Å². The van der Waals surface area contributed by atoms with Gasteiger partial charge in [0, 0.05) is 13.1 Å². The molecular formula is C24H35NO2. The number of unbranched alkanes of at least 4 members (excludes halogenated alkanes) is 1. The molecule has 1 saturated carbocycles. The maximum atomic E-state index is 13.5. The average Bonchev–Trinajstić information content (AvgIpc) is 3.51. The second-order valence-electron chi connectivity index (χ2n) is 7.95. The van der Waals surface area contributed by atoms with Gasteiger partial charge in [0.1, 0.15) is 0 Å². The molecule has 3 heteroatoms. The Morgan fingerprint density at radius 1 is 1.19 bits per heavy atom. The molecule has 2 rings (SSSR count). The fourth-order valence-corrected chi connectivity index (χ4v) is 3.48. The van der Waals surface area contributed by atoms with E-state index in [1.807, 2.05) is 70.0 Å². The highest BCUT2D eigenvalue weighted by Crippen LogP contribution is 2.39. The average molecular weight is 370 g/mol. The maximum absolute atomic E-state index is 13.5. The third kappa shape index (κ3) is 5.55. The smallest absolute Gasteiger partial charge is 0.259 e.